The highest BCUT2D eigenvalue weighted by molar-refractivity contribution is 6.05. The van der Waals surface area contributed by atoms with Crippen molar-refractivity contribution < 1.29 is 78.8 Å². The van der Waals surface area contributed by atoms with Crippen molar-refractivity contribution in [3.63, 3.8) is 0 Å². The van der Waals surface area contributed by atoms with Gasteiger partial charge >= 0.3 is 0 Å². The van der Waals surface area contributed by atoms with Gasteiger partial charge in [-0.1, -0.05) is 0 Å². The van der Waals surface area contributed by atoms with E-state index in [0.29, 0.717) is 32.7 Å². The second kappa shape index (κ2) is 36.7. The van der Waals surface area contributed by atoms with Gasteiger partial charge in [0.1, 0.15) is 31.8 Å². The van der Waals surface area contributed by atoms with Crippen LogP contribution < -0.4 is 64.7 Å². The fourth-order valence-corrected chi connectivity index (χ4v) is 11.2. The molecule has 34 heteroatoms. The molecule has 0 radical (unpaired) electrons. The quantitative estimate of drug-likeness (QED) is 0.0582. The van der Waals surface area contributed by atoms with Gasteiger partial charge < -0.3 is 102 Å². The van der Waals surface area contributed by atoms with Gasteiger partial charge in [0, 0.05) is 140 Å². The molecule has 14 heterocycles. The highest BCUT2D eigenvalue weighted by Crippen LogP contribution is 2.26. The molecule has 1 fully saturated rings. The van der Waals surface area contributed by atoms with E-state index in [1.165, 1.54) is 30.9 Å². The standard InChI is InChI=1S/C59H94N16O18/c1-35-27-40-48(80)56(88)72(35)31-44(76)62-8-5-39(6-9-63-45(77)32-73-38(4)30-43(51(83)59(73)91)55(87)69-16-24-93-26-25-92-23-7-60)61-10-17-70-18-11-64-46(78)33-74-36(2)28-41(49(81)57(74)89)53(85)67-14-21-71(20-13-66-52(40)84)22-15-68-54(86)42-29-37(3)75(58(90)50(42)82)34-47(79)65-12-19-70/h27,30,36-37,39,45-46,53,61,63-64,67,77-78,80-83,85H,5-26,28-29,31-34,60H2,1-4H3,(H,62,76)(H,65,79)(H,66,84)(H,68,86)(H,69,87). The maximum atomic E-state index is 13.6. The SMILES string of the molecule is Cc1cc2c(O)c(=O)n1CC(=O)NCCC(CCNC(O)Cn1c(C)cc(C(=O)NCCOCCOCCN)c(O)c1=O)NCCN1CCNC(=O)CN3C(=O)C(O)=C(CC3C)C(=O)NCCN(CCNC2=O)CCNC(O)C2=C(O)C(=O)N(CC(O)NCC1)C(C)C2. The molecule has 18 N–H and O–H groups in total. The van der Waals surface area contributed by atoms with E-state index < -0.39 is 125 Å². The lowest BCUT2D eigenvalue weighted by Crippen LogP contribution is -2.53. The number of aromatic hydroxyl groups is 2. The summed E-state index contributed by atoms with van der Waals surface area (Å²) < 4.78 is 12.8. The van der Waals surface area contributed by atoms with Gasteiger partial charge in [-0.2, -0.15) is 0 Å². The molecular formula is C59H94N16O18. The minimum absolute atomic E-state index is 0.0157. The van der Waals surface area contributed by atoms with Crippen LogP contribution in [0.3, 0.4) is 0 Å². The zero-order chi connectivity index (χ0) is 67.9. The third-order valence-electron chi connectivity index (χ3n) is 16.5. The molecule has 14 rings (SSSR count). The predicted octanol–water partition coefficient (Wildman–Crippen LogP) is -6.50. The summed E-state index contributed by atoms with van der Waals surface area (Å²) in [7, 11) is 0. The predicted molar refractivity (Wildman–Crippen MR) is 335 cm³/mol. The highest BCUT2D eigenvalue weighted by Gasteiger charge is 2.38. The van der Waals surface area contributed by atoms with E-state index in [0.717, 1.165) is 14.0 Å². The first-order valence-electron chi connectivity index (χ1n) is 31.4. The van der Waals surface area contributed by atoms with Crippen LogP contribution in [0.5, 0.6) is 11.5 Å². The summed E-state index contributed by atoms with van der Waals surface area (Å²) in [5.41, 5.74) is 3.11. The number of aliphatic hydroxyl groups excluding tert-OH is 5. The molecule has 34 nitrogen and oxygen atoms in total. The molecule has 8 atom stereocenters. The molecular weight excluding hydrogens is 1220 g/mol. The van der Waals surface area contributed by atoms with Gasteiger partial charge in [0.25, 0.3) is 40.7 Å². The Hall–Kier alpha value is -7.61. The zero-order valence-electron chi connectivity index (χ0n) is 53.3. The summed E-state index contributed by atoms with van der Waals surface area (Å²) in [6.45, 7) is 8.02. The molecule has 0 spiro atoms. The molecule has 8 bridgehead atoms. The summed E-state index contributed by atoms with van der Waals surface area (Å²) in [4.78, 5) is 128. The van der Waals surface area contributed by atoms with Crippen LogP contribution in [0.15, 0.2) is 44.4 Å². The summed E-state index contributed by atoms with van der Waals surface area (Å²) in [6, 6.07) is 0.895. The van der Waals surface area contributed by atoms with Crippen LogP contribution in [0.1, 0.15) is 71.6 Å². The van der Waals surface area contributed by atoms with Crippen LogP contribution in [-0.4, -0.2) is 287 Å². The van der Waals surface area contributed by atoms with Crippen molar-refractivity contribution in [1.82, 2.24) is 76.6 Å². The number of carbonyl (C=O) groups excluding carboxylic acids is 7. The Morgan fingerprint density at radius 3 is 1.94 bits per heavy atom. The maximum Gasteiger partial charge on any atom is 0.294 e. The Kier molecular flexibility index (Phi) is 29.4. The lowest BCUT2D eigenvalue weighted by Gasteiger charge is -2.37. The van der Waals surface area contributed by atoms with Gasteiger partial charge in [0.2, 0.25) is 11.8 Å². The number of rotatable bonds is 15. The normalized spacial score (nSPS) is 24.2. The Labute approximate surface area is 537 Å². The Bertz CT molecular complexity index is 3120. The maximum absolute atomic E-state index is 13.6. The minimum atomic E-state index is -1.50. The van der Waals surface area contributed by atoms with E-state index >= 15 is 0 Å². The van der Waals surface area contributed by atoms with Crippen molar-refractivity contribution in [2.24, 2.45) is 5.73 Å². The average Bonchev–Trinajstić information content (AvgIpc) is 1.23. The first kappa shape index (κ1) is 74.4. The Morgan fingerprint density at radius 2 is 1.25 bits per heavy atom. The van der Waals surface area contributed by atoms with Gasteiger partial charge in [-0.3, -0.25) is 68.9 Å². The third-order valence-corrected chi connectivity index (χ3v) is 16.5. The van der Waals surface area contributed by atoms with Crippen molar-refractivity contribution in [3.8, 4) is 11.5 Å². The number of hydrogen-bond donors (Lipinski definition) is 17. The Balaban J connectivity index is 1.24. The topological polar surface area (TPSA) is 471 Å². The minimum Gasteiger partial charge on any atom is -0.503 e. The number of aliphatic hydroxyl groups is 5. The number of nitrogens with one attached hydrogen (secondary N) is 9. The number of carbonyl (C=O) groups is 7. The lowest BCUT2D eigenvalue weighted by molar-refractivity contribution is -0.138. The number of aryl methyl sites for hydroxylation is 2. The van der Waals surface area contributed by atoms with Gasteiger partial charge in [0.05, 0.1) is 56.2 Å². The van der Waals surface area contributed by atoms with Crippen LogP contribution in [0.25, 0.3) is 0 Å². The highest BCUT2D eigenvalue weighted by atomic mass is 16.5. The number of nitrogens with two attached hydrogens (primary N) is 1. The number of ether oxygens (including phenoxy) is 2. The molecule has 12 aliphatic heterocycles. The molecule has 2 aromatic rings. The molecule has 0 saturated carbocycles. The smallest absolute Gasteiger partial charge is 0.294 e. The van der Waals surface area contributed by atoms with Crippen LogP contribution in [-0.2, 0) is 46.5 Å². The molecule has 518 valence electrons. The van der Waals surface area contributed by atoms with E-state index in [-0.39, 0.29) is 171 Å². The van der Waals surface area contributed by atoms with Crippen molar-refractivity contribution in [2.45, 2.75) is 103 Å². The molecule has 2 aromatic heterocycles. The van der Waals surface area contributed by atoms with Crippen LogP contribution in [0.2, 0.25) is 0 Å². The van der Waals surface area contributed by atoms with Crippen molar-refractivity contribution in [2.75, 3.05) is 144 Å². The number of aromatic nitrogens is 2. The lowest BCUT2D eigenvalue weighted by atomic mass is 9.97. The first-order chi connectivity index (χ1) is 44.4. The van der Waals surface area contributed by atoms with E-state index in [2.05, 4.69) is 47.9 Å². The fraction of sp³-hybridized carbons (Fsp3) is 0.644. The summed E-state index contributed by atoms with van der Waals surface area (Å²) in [6.07, 6.45) is -3.62. The first-order valence-corrected chi connectivity index (χ1v) is 31.4. The van der Waals surface area contributed by atoms with Gasteiger partial charge in [-0.15, -0.1) is 0 Å². The third kappa shape index (κ3) is 21.7. The van der Waals surface area contributed by atoms with Crippen LogP contribution in [0, 0.1) is 13.8 Å². The summed E-state index contributed by atoms with van der Waals surface area (Å²) in [5, 5.41) is 104. The van der Waals surface area contributed by atoms with Gasteiger partial charge in [-0.25, -0.2) is 0 Å². The summed E-state index contributed by atoms with van der Waals surface area (Å²) in [5.74, 6) is -8.43. The van der Waals surface area contributed by atoms with E-state index in [1.54, 1.807) is 18.7 Å². The number of hydrogen-bond acceptors (Lipinski definition) is 25. The van der Waals surface area contributed by atoms with Crippen molar-refractivity contribution in [3.05, 3.63) is 78.0 Å². The summed E-state index contributed by atoms with van der Waals surface area (Å²) >= 11 is 0. The largest absolute Gasteiger partial charge is 0.503 e. The monoisotopic (exact) mass is 1310 g/mol. The second-order valence-electron chi connectivity index (χ2n) is 23.3. The molecule has 12 aliphatic rings. The fourth-order valence-electron chi connectivity index (χ4n) is 11.2. The van der Waals surface area contributed by atoms with Crippen LogP contribution in [0.4, 0.5) is 0 Å². The van der Waals surface area contributed by atoms with Crippen molar-refractivity contribution >= 4 is 41.4 Å². The molecule has 93 heavy (non-hydrogen) atoms. The second-order valence-corrected chi connectivity index (χ2v) is 23.3. The number of amides is 7. The molecule has 8 unspecified atom stereocenters. The van der Waals surface area contributed by atoms with E-state index in [9.17, 15) is 78.9 Å². The van der Waals surface area contributed by atoms with E-state index in [1.807, 2.05) is 4.90 Å². The van der Waals surface area contributed by atoms with Gasteiger partial charge in [0.15, 0.2) is 23.0 Å². The molecule has 1 saturated heterocycles. The van der Waals surface area contributed by atoms with Crippen molar-refractivity contribution in [1.29, 1.82) is 0 Å². The average molecular weight is 1320 g/mol. The van der Waals surface area contributed by atoms with Crippen LogP contribution >= 0.6 is 0 Å². The Morgan fingerprint density at radius 1 is 0.656 bits per heavy atom. The van der Waals surface area contributed by atoms with E-state index in [4.69, 9.17) is 15.2 Å². The molecule has 0 aromatic carbocycles. The number of pyridine rings is 2. The zero-order valence-corrected chi connectivity index (χ0v) is 53.3. The molecule has 7 amide bonds. The molecule has 0 aliphatic carbocycles. The van der Waals surface area contributed by atoms with Gasteiger partial charge in [-0.05, 0) is 65.6 Å². The number of nitrogens with zero attached hydrogens (tertiary/aromatic N) is 6.